The summed E-state index contributed by atoms with van der Waals surface area (Å²) in [5, 5.41) is 12.9. The minimum atomic E-state index is -3.64. The van der Waals surface area contributed by atoms with Gasteiger partial charge in [-0.15, -0.1) is 0 Å². The van der Waals surface area contributed by atoms with E-state index in [1.165, 1.54) is 4.90 Å². The number of nitrogens with two attached hydrogens (primary N) is 1. The van der Waals surface area contributed by atoms with Crippen molar-refractivity contribution in [3.8, 4) is 0 Å². The molecule has 0 saturated carbocycles. The molecule has 1 heterocycles. The lowest BCUT2D eigenvalue weighted by molar-refractivity contribution is -0.129. The van der Waals surface area contributed by atoms with Gasteiger partial charge in [-0.3, -0.25) is 4.79 Å². The summed E-state index contributed by atoms with van der Waals surface area (Å²) in [6, 6.07) is -0.144. The molecule has 1 saturated heterocycles. The number of carbonyl (C=O) groups is 1. The van der Waals surface area contributed by atoms with Gasteiger partial charge >= 0.3 is 0 Å². The number of sulfonamides is 1. The number of aliphatic hydroxyl groups is 1. The third-order valence-corrected chi connectivity index (χ3v) is 3.91. The molecular formula is C8H16N2O4S. The molecule has 0 aromatic heterocycles. The summed E-state index contributed by atoms with van der Waals surface area (Å²) in [5.41, 5.74) is 0. The van der Waals surface area contributed by atoms with Crippen molar-refractivity contribution in [1.82, 2.24) is 4.90 Å². The van der Waals surface area contributed by atoms with Crippen molar-refractivity contribution in [2.45, 2.75) is 31.1 Å². The first-order valence-electron chi connectivity index (χ1n) is 4.78. The van der Waals surface area contributed by atoms with E-state index in [-0.39, 0.29) is 31.5 Å². The summed E-state index contributed by atoms with van der Waals surface area (Å²) < 4.78 is 22.1. The van der Waals surface area contributed by atoms with Crippen LogP contribution < -0.4 is 5.14 Å². The maximum Gasteiger partial charge on any atom is 0.224 e. The first-order valence-corrected chi connectivity index (χ1v) is 6.39. The molecule has 1 aliphatic rings. The average Bonchev–Trinajstić information content (AvgIpc) is 2.47. The lowest BCUT2D eigenvalue weighted by Gasteiger charge is -2.23. The van der Waals surface area contributed by atoms with Gasteiger partial charge in [-0.05, 0) is 13.3 Å². The van der Waals surface area contributed by atoms with Crippen LogP contribution in [-0.4, -0.2) is 48.8 Å². The molecule has 6 nitrogen and oxygen atoms in total. The van der Waals surface area contributed by atoms with E-state index in [1.54, 1.807) is 6.92 Å². The lowest BCUT2D eigenvalue weighted by Crippen LogP contribution is -2.37. The number of hydrogen-bond acceptors (Lipinski definition) is 4. The fourth-order valence-corrected chi connectivity index (χ4v) is 2.43. The predicted molar refractivity (Wildman–Crippen MR) is 54.4 cm³/mol. The molecule has 1 rings (SSSR count). The molecule has 1 fully saturated rings. The second kappa shape index (κ2) is 4.46. The monoisotopic (exact) mass is 236 g/mol. The van der Waals surface area contributed by atoms with Crippen molar-refractivity contribution in [3.05, 3.63) is 0 Å². The van der Waals surface area contributed by atoms with Crippen molar-refractivity contribution < 1.29 is 18.3 Å². The lowest BCUT2D eigenvalue weighted by atomic mass is 10.2. The van der Waals surface area contributed by atoms with Crippen LogP contribution in [0.2, 0.25) is 0 Å². The first-order chi connectivity index (χ1) is 6.86. The highest BCUT2D eigenvalue weighted by molar-refractivity contribution is 7.89. The fraction of sp³-hybridized carbons (Fsp3) is 0.875. The molecule has 0 aromatic rings. The SMILES string of the molecule is CC(CCO)N1CC(S(N)(=O)=O)CC1=O. The molecule has 1 amide bonds. The Morgan fingerprint density at radius 2 is 2.27 bits per heavy atom. The van der Waals surface area contributed by atoms with Crippen molar-refractivity contribution in [1.29, 1.82) is 0 Å². The smallest absolute Gasteiger partial charge is 0.224 e. The number of hydrogen-bond donors (Lipinski definition) is 2. The Kier molecular flexibility index (Phi) is 3.69. The Balaban J connectivity index is 2.69. The summed E-state index contributed by atoms with van der Waals surface area (Å²) in [5.74, 6) is -0.213. The van der Waals surface area contributed by atoms with Crippen LogP contribution in [0.4, 0.5) is 0 Å². The Hall–Kier alpha value is -0.660. The highest BCUT2D eigenvalue weighted by Crippen LogP contribution is 2.19. The zero-order chi connectivity index (χ0) is 11.6. The Morgan fingerprint density at radius 1 is 1.67 bits per heavy atom. The summed E-state index contributed by atoms with van der Waals surface area (Å²) in [7, 11) is -3.64. The molecule has 15 heavy (non-hydrogen) atoms. The Bertz CT molecular complexity index is 341. The highest BCUT2D eigenvalue weighted by atomic mass is 32.2. The van der Waals surface area contributed by atoms with Gasteiger partial charge in [0.15, 0.2) is 0 Å². The van der Waals surface area contributed by atoms with Crippen LogP contribution in [0, 0.1) is 0 Å². The van der Waals surface area contributed by atoms with Crippen molar-refractivity contribution >= 4 is 15.9 Å². The van der Waals surface area contributed by atoms with Gasteiger partial charge in [-0.2, -0.15) is 0 Å². The van der Waals surface area contributed by atoms with Crippen LogP contribution in [-0.2, 0) is 14.8 Å². The van der Waals surface area contributed by atoms with E-state index >= 15 is 0 Å². The number of amides is 1. The number of primary sulfonamides is 1. The van der Waals surface area contributed by atoms with Gasteiger partial charge in [0.05, 0.1) is 0 Å². The summed E-state index contributed by atoms with van der Waals surface area (Å²) in [4.78, 5) is 12.9. The molecule has 0 bridgehead atoms. The van der Waals surface area contributed by atoms with Gasteiger partial charge in [-0.1, -0.05) is 0 Å². The molecule has 0 aromatic carbocycles. The molecule has 1 aliphatic heterocycles. The Labute approximate surface area is 89.1 Å². The van der Waals surface area contributed by atoms with Crippen LogP contribution in [0.3, 0.4) is 0 Å². The summed E-state index contributed by atoms with van der Waals surface area (Å²) in [6.07, 6.45) is 0.400. The summed E-state index contributed by atoms with van der Waals surface area (Å²) in [6.45, 7) is 1.89. The average molecular weight is 236 g/mol. The quantitative estimate of drug-likeness (QED) is 0.630. The molecule has 0 aliphatic carbocycles. The van der Waals surface area contributed by atoms with Gasteiger partial charge in [0.25, 0.3) is 0 Å². The normalized spacial score (nSPS) is 24.6. The zero-order valence-corrected chi connectivity index (χ0v) is 9.40. The van der Waals surface area contributed by atoms with E-state index in [1.807, 2.05) is 0 Å². The largest absolute Gasteiger partial charge is 0.396 e. The predicted octanol–water partition coefficient (Wildman–Crippen LogP) is -1.35. The van der Waals surface area contributed by atoms with Crippen molar-refractivity contribution in [2.24, 2.45) is 5.14 Å². The number of nitrogens with zero attached hydrogens (tertiary/aromatic N) is 1. The van der Waals surface area contributed by atoms with E-state index in [4.69, 9.17) is 10.2 Å². The number of carbonyl (C=O) groups excluding carboxylic acids is 1. The van der Waals surface area contributed by atoms with E-state index in [0.29, 0.717) is 6.42 Å². The maximum absolute atomic E-state index is 11.5. The van der Waals surface area contributed by atoms with Gasteiger partial charge in [0.2, 0.25) is 15.9 Å². The standard InChI is InChI=1S/C8H16N2O4S/c1-6(2-3-11)10-5-7(4-8(10)12)15(9,13)14/h6-7,11H,2-5H2,1H3,(H2,9,13,14). The summed E-state index contributed by atoms with van der Waals surface area (Å²) >= 11 is 0. The first kappa shape index (κ1) is 12.4. The molecule has 2 atom stereocenters. The third-order valence-electron chi connectivity index (χ3n) is 2.67. The number of rotatable bonds is 4. The van der Waals surface area contributed by atoms with E-state index in [0.717, 1.165) is 0 Å². The van der Waals surface area contributed by atoms with Crippen molar-refractivity contribution in [2.75, 3.05) is 13.2 Å². The van der Waals surface area contributed by atoms with E-state index in [9.17, 15) is 13.2 Å². The molecular weight excluding hydrogens is 220 g/mol. The van der Waals surface area contributed by atoms with Crippen LogP contribution in [0.5, 0.6) is 0 Å². The van der Waals surface area contributed by atoms with Gasteiger partial charge < -0.3 is 10.0 Å². The van der Waals surface area contributed by atoms with Gasteiger partial charge in [-0.25, -0.2) is 13.6 Å². The van der Waals surface area contributed by atoms with Crippen LogP contribution in [0.1, 0.15) is 19.8 Å². The highest BCUT2D eigenvalue weighted by Gasteiger charge is 2.38. The van der Waals surface area contributed by atoms with Crippen LogP contribution >= 0.6 is 0 Å². The van der Waals surface area contributed by atoms with Crippen LogP contribution in [0.15, 0.2) is 0 Å². The van der Waals surface area contributed by atoms with Gasteiger partial charge in [0.1, 0.15) is 5.25 Å². The second-order valence-corrected chi connectivity index (χ2v) is 5.67. The van der Waals surface area contributed by atoms with E-state index in [2.05, 4.69) is 0 Å². The molecule has 0 radical (unpaired) electrons. The minimum Gasteiger partial charge on any atom is -0.396 e. The number of likely N-dealkylation sites (tertiary alicyclic amines) is 1. The van der Waals surface area contributed by atoms with Gasteiger partial charge in [0, 0.05) is 25.6 Å². The van der Waals surface area contributed by atoms with Crippen LogP contribution in [0.25, 0.3) is 0 Å². The minimum absolute atomic E-state index is 0.0228. The Morgan fingerprint density at radius 3 is 2.67 bits per heavy atom. The maximum atomic E-state index is 11.5. The molecule has 88 valence electrons. The second-order valence-electron chi connectivity index (χ2n) is 3.82. The molecule has 0 spiro atoms. The molecule has 7 heteroatoms. The molecule has 2 unspecified atom stereocenters. The fourth-order valence-electron chi connectivity index (χ4n) is 1.69. The number of aliphatic hydroxyl groups excluding tert-OH is 1. The zero-order valence-electron chi connectivity index (χ0n) is 8.59. The molecule has 3 N–H and O–H groups in total. The van der Waals surface area contributed by atoms with Crippen molar-refractivity contribution in [3.63, 3.8) is 0 Å². The third kappa shape index (κ3) is 2.90. The topological polar surface area (TPSA) is 101 Å². The van der Waals surface area contributed by atoms with E-state index < -0.39 is 15.3 Å².